The molecule has 1 aliphatic rings. The Kier molecular flexibility index (Phi) is 7.26. The van der Waals surface area contributed by atoms with Crippen molar-refractivity contribution in [2.24, 2.45) is 13.0 Å². The van der Waals surface area contributed by atoms with Gasteiger partial charge >= 0.3 is 0 Å². The Morgan fingerprint density at radius 1 is 1.19 bits per heavy atom. The second-order valence-electron chi connectivity index (χ2n) is 8.02. The molecule has 1 fully saturated rings. The molecule has 1 N–H and O–H groups in total. The first kappa shape index (κ1) is 22.5. The number of likely N-dealkylation sites (tertiary alicyclic amines) is 1. The number of hydrogen-bond acceptors (Lipinski definition) is 6. The van der Waals surface area contributed by atoms with Gasteiger partial charge in [-0.15, -0.1) is 23.1 Å². The van der Waals surface area contributed by atoms with Gasteiger partial charge in [-0.1, -0.05) is 0 Å². The highest BCUT2D eigenvalue weighted by Crippen LogP contribution is 2.25. The fraction of sp³-hybridized carbons (Fsp3) is 0.391. The molecule has 1 aromatic carbocycles. The lowest BCUT2D eigenvalue weighted by Gasteiger charge is -2.32. The van der Waals surface area contributed by atoms with Crippen molar-refractivity contribution in [2.75, 3.05) is 19.6 Å². The smallest absolute Gasteiger partial charge is 0.254 e. The molecule has 0 aliphatic carbocycles. The normalized spacial score (nSPS) is 14.5. The first-order valence-electron chi connectivity index (χ1n) is 10.7. The van der Waals surface area contributed by atoms with Gasteiger partial charge in [-0.2, -0.15) is 5.10 Å². The summed E-state index contributed by atoms with van der Waals surface area (Å²) in [6.45, 7) is 4.07. The molecule has 168 valence electrons. The van der Waals surface area contributed by atoms with E-state index < -0.39 is 0 Å². The Hall–Kier alpha value is -2.65. The summed E-state index contributed by atoms with van der Waals surface area (Å²) in [6.07, 6.45) is 5.06. The average molecular weight is 470 g/mol. The van der Waals surface area contributed by atoms with Crippen LogP contribution in [0.1, 0.15) is 44.3 Å². The Bertz CT molecular complexity index is 1070. The molecule has 3 aromatic rings. The van der Waals surface area contributed by atoms with Crippen LogP contribution in [0.2, 0.25) is 0 Å². The molecule has 0 bridgehead atoms. The summed E-state index contributed by atoms with van der Waals surface area (Å²) in [6, 6.07) is 7.85. The molecule has 0 radical (unpaired) electrons. The van der Waals surface area contributed by atoms with E-state index in [0.717, 1.165) is 39.8 Å². The molecule has 0 atom stereocenters. The van der Waals surface area contributed by atoms with Crippen molar-refractivity contribution in [2.45, 2.75) is 30.4 Å². The Balaban J connectivity index is 1.22. The van der Waals surface area contributed by atoms with Crippen LogP contribution in [-0.2, 0) is 12.8 Å². The average Bonchev–Trinajstić information content (AvgIpc) is 3.44. The van der Waals surface area contributed by atoms with Crippen molar-refractivity contribution in [1.82, 2.24) is 25.0 Å². The molecule has 0 unspecified atom stereocenters. The van der Waals surface area contributed by atoms with Crippen molar-refractivity contribution in [3.05, 3.63) is 63.9 Å². The number of carbonyl (C=O) groups is 2. The molecular formula is C23H27N5O2S2. The Labute approximate surface area is 196 Å². The predicted octanol–water partition coefficient (Wildman–Crippen LogP) is 3.76. The number of thiazole rings is 1. The van der Waals surface area contributed by atoms with Crippen LogP contribution in [-0.4, -0.2) is 51.1 Å². The highest BCUT2D eigenvalue weighted by atomic mass is 32.2. The first-order chi connectivity index (χ1) is 15.5. The van der Waals surface area contributed by atoms with Crippen LogP contribution >= 0.6 is 23.1 Å². The molecule has 7 nitrogen and oxygen atoms in total. The maximum absolute atomic E-state index is 12.9. The quantitative estimate of drug-likeness (QED) is 0.533. The van der Waals surface area contributed by atoms with Crippen LogP contribution in [0, 0.1) is 12.8 Å². The van der Waals surface area contributed by atoms with E-state index in [9.17, 15) is 9.59 Å². The van der Waals surface area contributed by atoms with Gasteiger partial charge in [0.1, 0.15) is 0 Å². The van der Waals surface area contributed by atoms with Crippen molar-refractivity contribution < 1.29 is 9.59 Å². The topological polar surface area (TPSA) is 80.1 Å². The molecule has 2 amide bonds. The van der Waals surface area contributed by atoms with Crippen molar-refractivity contribution in [3.8, 4) is 0 Å². The fourth-order valence-electron chi connectivity index (χ4n) is 3.73. The first-order valence-corrected chi connectivity index (χ1v) is 12.5. The molecule has 9 heteroatoms. The van der Waals surface area contributed by atoms with Gasteiger partial charge in [-0.05, 0) is 49.9 Å². The van der Waals surface area contributed by atoms with Crippen molar-refractivity contribution in [1.29, 1.82) is 0 Å². The molecule has 4 rings (SSSR count). The molecule has 0 saturated carbocycles. The Morgan fingerprint density at radius 3 is 2.56 bits per heavy atom. The van der Waals surface area contributed by atoms with Crippen LogP contribution < -0.4 is 5.32 Å². The highest BCUT2D eigenvalue weighted by molar-refractivity contribution is 7.98. The van der Waals surface area contributed by atoms with E-state index in [-0.39, 0.29) is 11.8 Å². The van der Waals surface area contributed by atoms with Gasteiger partial charge < -0.3 is 10.2 Å². The van der Waals surface area contributed by atoms with Gasteiger partial charge in [0.25, 0.3) is 11.8 Å². The van der Waals surface area contributed by atoms with Gasteiger partial charge in [0.05, 0.1) is 22.5 Å². The lowest BCUT2D eigenvalue weighted by atomic mass is 9.96. The third-order valence-corrected chi connectivity index (χ3v) is 7.44. The minimum Gasteiger partial charge on any atom is -0.352 e. The molecule has 32 heavy (non-hydrogen) atoms. The van der Waals surface area contributed by atoms with Gasteiger partial charge in [-0.25, -0.2) is 4.98 Å². The van der Waals surface area contributed by atoms with Crippen LogP contribution in [0.3, 0.4) is 0 Å². The lowest BCUT2D eigenvalue weighted by Crippen LogP contribution is -2.41. The zero-order chi connectivity index (χ0) is 22.5. The predicted molar refractivity (Wildman–Crippen MR) is 127 cm³/mol. The SMILES string of the molecule is Cc1nc(CSc2ccc(C(=O)N3CCC(CNC(=O)c4cnn(C)c4)CC3)cc2)cs1. The molecular weight excluding hydrogens is 442 g/mol. The fourth-order valence-corrected chi connectivity index (χ4v) is 5.23. The highest BCUT2D eigenvalue weighted by Gasteiger charge is 2.24. The largest absolute Gasteiger partial charge is 0.352 e. The maximum Gasteiger partial charge on any atom is 0.254 e. The van der Waals surface area contributed by atoms with Crippen LogP contribution in [0.25, 0.3) is 0 Å². The number of hydrogen-bond donors (Lipinski definition) is 1. The zero-order valence-corrected chi connectivity index (χ0v) is 19.9. The molecule has 3 heterocycles. The summed E-state index contributed by atoms with van der Waals surface area (Å²) in [7, 11) is 1.79. The summed E-state index contributed by atoms with van der Waals surface area (Å²) in [5.74, 6) is 1.20. The number of amides is 2. The summed E-state index contributed by atoms with van der Waals surface area (Å²) in [5, 5.41) is 10.2. The van der Waals surface area contributed by atoms with Gasteiger partial charge in [0.15, 0.2) is 0 Å². The third kappa shape index (κ3) is 5.77. The van der Waals surface area contributed by atoms with Crippen molar-refractivity contribution >= 4 is 34.9 Å². The number of aryl methyl sites for hydroxylation is 2. The van der Waals surface area contributed by atoms with E-state index in [1.807, 2.05) is 36.1 Å². The third-order valence-electron chi connectivity index (χ3n) is 5.57. The number of rotatable bonds is 7. The number of piperidine rings is 1. The van der Waals surface area contributed by atoms with E-state index in [0.29, 0.717) is 31.1 Å². The summed E-state index contributed by atoms with van der Waals surface area (Å²) in [4.78, 5) is 32.6. The summed E-state index contributed by atoms with van der Waals surface area (Å²) < 4.78 is 1.62. The van der Waals surface area contributed by atoms with E-state index in [2.05, 4.69) is 20.8 Å². The molecule has 1 saturated heterocycles. The minimum absolute atomic E-state index is 0.0783. The van der Waals surface area contributed by atoms with Gasteiger partial charge in [0.2, 0.25) is 0 Å². The van der Waals surface area contributed by atoms with Gasteiger partial charge in [-0.3, -0.25) is 14.3 Å². The standard InChI is InChI=1S/C23H27N5O2S2/c1-16-26-20(14-31-16)15-32-21-5-3-18(4-6-21)23(30)28-9-7-17(8-10-28)11-24-22(29)19-12-25-27(2)13-19/h3-6,12-14,17H,7-11,15H2,1-2H3,(H,24,29). The molecule has 2 aromatic heterocycles. The number of carbonyl (C=O) groups excluding carboxylic acids is 2. The number of nitrogens with one attached hydrogen (secondary N) is 1. The zero-order valence-electron chi connectivity index (χ0n) is 18.3. The molecule has 0 spiro atoms. The minimum atomic E-state index is -0.0977. The van der Waals surface area contributed by atoms with E-state index in [1.54, 1.807) is 47.2 Å². The second-order valence-corrected chi connectivity index (χ2v) is 10.1. The van der Waals surface area contributed by atoms with E-state index >= 15 is 0 Å². The Morgan fingerprint density at radius 2 is 1.94 bits per heavy atom. The number of thioether (sulfide) groups is 1. The summed E-state index contributed by atoms with van der Waals surface area (Å²) >= 11 is 3.40. The van der Waals surface area contributed by atoms with Crippen molar-refractivity contribution in [3.63, 3.8) is 0 Å². The monoisotopic (exact) mass is 469 g/mol. The van der Waals surface area contributed by atoms with Gasteiger partial charge in [0, 0.05) is 54.5 Å². The van der Waals surface area contributed by atoms with Crippen LogP contribution in [0.5, 0.6) is 0 Å². The molecule has 1 aliphatic heterocycles. The van der Waals surface area contributed by atoms with E-state index in [1.165, 1.54) is 0 Å². The lowest BCUT2D eigenvalue weighted by molar-refractivity contribution is 0.0684. The van der Waals surface area contributed by atoms with Crippen LogP contribution in [0.4, 0.5) is 0 Å². The number of benzene rings is 1. The number of nitrogens with zero attached hydrogens (tertiary/aromatic N) is 4. The van der Waals surface area contributed by atoms with E-state index in [4.69, 9.17) is 0 Å². The second kappa shape index (κ2) is 10.3. The maximum atomic E-state index is 12.9. The van der Waals surface area contributed by atoms with Crippen LogP contribution in [0.15, 0.2) is 46.9 Å². The number of aromatic nitrogens is 3. The summed E-state index contributed by atoms with van der Waals surface area (Å²) in [5.41, 5.74) is 2.39.